The summed E-state index contributed by atoms with van der Waals surface area (Å²) in [6.45, 7) is 2.95. The first-order valence-electron chi connectivity index (χ1n) is 9.61. The fraction of sp³-hybridized carbons (Fsp3) is 0.381. The summed E-state index contributed by atoms with van der Waals surface area (Å²) in [6, 6.07) is 12.4. The van der Waals surface area contributed by atoms with Gasteiger partial charge in [0.05, 0.1) is 18.5 Å². The highest BCUT2D eigenvalue weighted by molar-refractivity contribution is 7.92. The van der Waals surface area contributed by atoms with Gasteiger partial charge in [0.15, 0.2) is 0 Å². The van der Waals surface area contributed by atoms with Crippen molar-refractivity contribution in [1.82, 2.24) is 5.32 Å². The van der Waals surface area contributed by atoms with Crippen molar-refractivity contribution in [1.29, 1.82) is 0 Å². The van der Waals surface area contributed by atoms with Crippen LogP contribution in [0.2, 0.25) is 10.0 Å². The molecule has 0 atom stereocenters. The molecule has 0 bridgehead atoms. The summed E-state index contributed by atoms with van der Waals surface area (Å²) >= 11 is 12.0. The monoisotopic (exact) mass is 472 g/mol. The molecule has 2 rings (SSSR count). The second kappa shape index (κ2) is 11.4. The maximum absolute atomic E-state index is 12.1. The van der Waals surface area contributed by atoms with E-state index in [0.717, 1.165) is 18.4 Å². The Labute approximate surface area is 188 Å². The molecule has 0 radical (unpaired) electrons. The fourth-order valence-corrected chi connectivity index (χ4v) is 4.29. The normalized spacial score (nSPS) is 11.2. The van der Waals surface area contributed by atoms with Gasteiger partial charge in [0.1, 0.15) is 12.4 Å². The molecule has 6 nitrogen and oxygen atoms in total. The van der Waals surface area contributed by atoms with Gasteiger partial charge >= 0.3 is 0 Å². The molecule has 0 aliphatic heterocycles. The van der Waals surface area contributed by atoms with Crippen molar-refractivity contribution in [3.05, 3.63) is 58.1 Å². The van der Waals surface area contributed by atoms with Crippen LogP contribution < -0.4 is 14.4 Å². The van der Waals surface area contributed by atoms with E-state index in [9.17, 15) is 13.2 Å². The van der Waals surface area contributed by atoms with Crippen LogP contribution in [0.5, 0.6) is 5.75 Å². The molecule has 30 heavy (non-hydrogen) atoms. The first-order chi connectivity index (χ1) is 14.2. The lowest BCUT2D eigenvalue weighted by Gasteiger charge is -2.22. The Kier molecular flexibility index (Phi) is 9.27. The smallest absolute Gasteiger partial charge is 0.232 e. The molecule has 0 aliphatic rings. The number of hydrogen-bond donors (Lipinski definition) is 1. The van der Waals surface area contributed by atoms with Gasteiger partial charge in [-0.25, -0.2) is 8.42 Å². The van der Waals surface area contributed by atoms with E-state index in [-0.39, 0.29) is 18.9 Å². The summed E-state index contributed by atoms with van der Waals surface area (Å²) in [5, 5.41) is 3.45. The first-order valence-corrected chi connectivity index (χ1v) is 12.2. The second-order valence-corrected chi connectivity index (χ2v) is 9.54. The lowest BCUT2D eigenvalue weighted by Crippen LogP contribution is -2.33. The number of ether oxygens (including phenoxy) is 1. The molecule has 164 valence electrons. The average molecular weight is 473 g/mol. The highest BCUT2D eigenvalue weighted by Gasteiger charge is 2.18. The number of hydrogen-bond acceptors (Lipinski definition) is 4. The summed E-state index contributed by atoms with van der Waals surface area (Å²) < 4.78 is 31.1. The molecule has 1 amide bonds. The van der Waals surface area contributed by atoms with Gasteiger partial charge < -0.3 is 10.1 Å². The van der Waals surface area contributed by atoms with E-state index in [1.807, 2.05) is 24.3 Å². The molecule has 0 fully saturated rings. The average Bonchev–Trinajstić information content (AvgIpc) is 2.67. The summed E-state index contributed by atoms with van der Waals surface area (Å²) in [6.07, 6.45) is 2.61. The van der Waals surface area contributed by atoms with Crippen molar-refractivity contribution in [2.45, 2.75) is 26.2 Å². The molecule has 0 heterocycles. The minimum Gasteiger partial charge on any atom is -0.492 e. The van der Waals surface area contributed by atoms with E-state index in [0.29, 0.717) is 35.3 Å². The van der Waals surface area contributed by atoms with Crippen molar-refractivity contribution in [3.8, 4) is 5.75 Å². The summed E-state index contributed by atoms with van der Waals surface area (Å²) in [5.74, 6) is 0.586. The highest BCUT2D eigenvalue weighted by atomic mass is 35.5. The van der Waals surface area contributed by atoms with Gasteiger partial charge in [-0.3, -0.25) is 9.10 Å². The Balaban J connectivity index is 1.77. The number of aryl methyl sites for hydroxylation is 1. The zero-order chi connectivity index (χ0) is 22.1. The molecule has 0 unspecified atom stereocenters. The topological polar surface area (TPSA) is 75.7 Å². The van der Waals surface area contributed by atoms with Crippen LogP contribution in [0.4, 0.5) is 5.69 Å². The molecule has 2 aromatic rings. The Hall–Kier alpha value is -1.96. The predicted molar refractivity (Wildman–Crippen MR) is 122 cm³/mol. The van der Waals surface area contributed by atoms with E-state index < -0.39 is 10.0 Å². The maximum atomic E-state index is 12.1. The number of benzene rings is 2. The number of amides is 1. The van der Waals surface area contributed by atoms with Crippen LogP contribution in [0.1, 0.15) is 25.3 Å². The molecule has 0 aromatic heterocycles. The Morgan fingerprint density at radius 1 is 1.10 bits per heavy atom. The Bertz CT molecular complexity index is 930. The summed E-state index contributed by atoms with van der Waals surface area (Å²) in [7, 11) is -3.54. The van der Waals surface area contributed by atoms with Crippen LogP contribution in [0.3, 0.4) is 0 Å². The second-order valence-electron chi connectivity index (χ2n) is 6.76. The van der Waals surface area contributed by atoms with Gasteiger partial charge in [-0.1, -0.05) is 42.3 Å². The van der Waals surface area contributed by atoms with Crippen molar-refractivity contribution in [2.75, 3.05) is 30.3 Å². The van der Waals surface area contributed by atoms with Gasteiger partial charge in [0.2, 0.25) is 15.9 Å². The molecule has 1 N–H and O–H groups in total. The van der Waals surface area contributed by atoms with Gasteiger partial charge in [-0.05, 0) is 48.7 Å². The lowest BCUT2D eigenvalue weighted by atomic mass is 10.2. The number of anilines is 1. The van der Waals surface area contributed by atoms with E-state index in [1.165, 1.54) is 28.1 Å². The number of halogens is 2. The number of nitrogens with one attached hydrogen (secondary N) is 1. The summed E-state index contributed by atoms with van der Waals surface area (Å²) in [5.41, 5.74) is 1.61. The highest BCUT2D eigenvalue weighted by Crippen LogP contribution is 2.27. The number of carbonyl (C=O) groups is 1. The molecule has 9 heteroatoms. The molecule has 0 saturated carbocycles. The van der Waals surface area contributed by atoms with Gasteiger partial charge in [-0.2, -0.15) is 0 Å². The van der Waals surface area contributed by atoms with Gasteiger partial charge in [0, 0.05) is 23.0 Å². The molecule has 0 aliphatic carbocycles. The Morgan fingerprint density at radius 3 is 2.30 bits per heavy atom. The number of carbonyl (C=O) groups excluding carboxylic acids is 1. The third kappa shape index (κ3) is 8.05. The quantitative estimate of drug-likeness (QED) is 0.494. The van der Waals surface area contributed by atoms with Crippen LogP contribution in [-0.2, 0) is 21.2 Å². The van der Waals surface area contributed by atoms with Crippen LogP contribution >= 0.6 is 23.2 Å². The molecular weight excluding hydrogens is 447 g/mol. The van der Waals surface area contributed by atoms with Crippen LogP contribution in [0.15, 0.2) is 42.5 Å². The van der Waals surface area contributed by atoms with Gasteiger partial charge in [0.25, 0.3) is 0 Å². The maximum Gasteiger partial charge on any atom is 0.232 e. The third-order valence-electron chi connectivity index (χ3n) is 4.33. The van der Waals surface area contributed by atoms with E-state index >= 15 is 0 Å². The standard InChI is InChI=1S/C21H26Cl2N2O4S/c1-3-16-6-8-20(9-7-16)29-12-10-24-21(26)5-4-11-25(30(2,27)28)19-14-17(22)13-18(23)15-19/h6-9,13-15H,3-5,10-12H2,1-2H3,(H,24,26). The number of nitrogens with zero attached hydrogens (tertiary/aromatic N) is 1. The van der Waals surface area contributed by atoms with Crippen molar-refractivity contribution >= 4 is 44.8 Å². The largest absolute Gasteiger partial charge is 0.492 e. The van der Waals surface area contributed by atoms with Crippen molar-refractivity contribution < 1.29 is 17.9 Å². The Morgan fingerprint density at radius 2 is 1.73 bits per heavy atom. The molecule has 0 spiro atoms. The minimum absolute atomic E-state index is 0.142. The number of rotatable bonds is 11. The van der Waals surface area contributed by atoms with Crippen molar-refractivity contribution in [2.24, 2.45) is 0 Å². The van der Waals surface area contributed by atoms with Gasteiger partial charge in [-0.15, -0.1) is 0 Å². The van der Waals surface area contributed by atoms with E-state index in [1.54, 1.807) is 0 Å². The summed E-state index contributed by atoms with van der Waals surface area (Å²) in [4.78, 5) is 12.0. The fourth-order valence-electron chi connectivity index (χ4n) is 2.82. The minimum atomic E-state index is -3.54. The van der Waals surface area contributed by atoms with Crippen LogP contribution in [0.25, 0.3) is 0 Å². The SMILES string of the molecule is CCc1ccc(OCCNC(=O)CCCN(c2cc(Cl)cc(Cl)c2)S(C)(=O)=O)cc1. The van der Waals surface area contributed by atoms with Crippen molar-refractivity contribution in [3.63, 3.8) is 0 Å². The van der Waals surface area contributed by atoms with E-state index in [2.05, 4.69) is 12.2 Å². The zero-order valence-electron chi connectivity index (χ0n) is 17.0. The molecular formula is C21H26Cl2N2O4S. The predicted octanol–water partition coefficient (Wildman–Crippen LogP) is 4.30. The first kappa shape index (κ1) is 24.3. The lowest BCUT2D eigenvalue weighted by molar-refractivity contribution is -0.121. The van der Waals surface area contributed by atoms with Crippen LogP contribution in [0, 0.1) is 0 Å². The third-order valence-corrected chi connectivity index (χ3v) is 5.96. The van der Waals surface area contributed by atoms with E-state index in [4.69, 9.17) is 27.9 Å². The van der Waals surface area contributed by atoms with Crippen LogP contribution in [-0.4, -0.2) is 40.3 Å². The zero-order valence-corrected chi connectivity index (χ0v) is 19.4. The molecule has 2 aromatic carbocycles. The molecule has 0 saturated heterocycles. The number of sulfonamides is 1.